The lowest BCUT2D eigenvalue weighted by atomic mass is 9.91. The van der Waals surface area contributed by atoms with Crippen LogP contribution in [0.4, 0.5) is 0 Å². The van der Waals surface area contributed by atoms with Gasteiger partial charge in [-0.05, 0) is 58.3 Å². The second-order valence-corrected chi connectivity index (χ2v) is 6.01. The molecule has 4 heteroatoms. The van der Waals surface area contributed by atoms with Crippen molar-refractivity contribution in [2.75, 3.05) is 38.7 Å². The second-order valence-electron chi connectivity index (χ2n) is 5.02. The Kier molecular flexibility index (Phi) is 6.11. The maximum atomic E-state index is 10.4. The van der Waals surface area contributed by atoms with Crippen molar-refractivity contribution in [1.82, 2.24) is 10.2 Å². The first kappa shape index (κ1) is 14.3. The molecule has 1 saturated heterocycles. The highest BCUT2D eigenvalue weighted by Gasteiger charge is 2.31. The minimum Gasteiger partial charge on any atom is -0.388 e. The Morgan fingerprint density at radius 2 is 2.06 bits per heavy atom. The summed E-state index contributed by atoms with van der Waals surface area (Å²) in [5.74, 6) is 1.20. The summed E-state index contributed by atoms with van der Waals surface area (Å²) >= 11 is 1.89. The Morgan fingerprint density at radius 3 is 2.62 bits per heavy atom. The first-order chi connectivity index (χ1) is 7.57. The molecule has 3 nitrogen and oxygen atoms in total. The number of hydrogen-bond donors (Lipinski definition) is 2. The normalized spacial score (nSPS) is 22.3. The van der Waals surface area contributed by atoms with Crippen LogP contribution >= 0.6 is 11.8 Å². The van der Waals surface area contributed by atoms with Crippen LogP contribution in [0.1, 0.15) is 26.2 Å². The zero-order valence-electron chi connectivity index (χ0n) is 10.8. The largest absolute Gasteiger partial charge is 0.388 e. The van der Waals surface area contributed by atoms with E-state index in [2.05, 4.69) is 30.4 Å². The number of thioether (sulfide) groups is 1. The third-order valence-corrected chi connectivity index (χ3v) is 4.21. The molecule has 0 amide bonds. The van der Waals surface area contributed by atoms with Crippen LogP contribution in [-0.4, -0.2) is 60.3 Å². The highest BCUT2D eigenvalue weighted by molar-refractivity contribution is 7.98. The van der Waals surface area contributed by atoms with E-state index in [-0.39, 0.29) is 0 Å². The molecule has 1 fully saturated rings. The molecule has 2 N–H and O–H groups in total. The molecule has 0 bridgehead atoms. The number of rotatable bonds is 6. The Labute approximate surface area is 104 Å². The molecule has 16 heavy (non-hydrogen) atoms. The smallest absolute Gasteiger partial charge is 0.0798 e. The summed E-state index contributed by atoms with van der Waals surface area (Å²) in [4.78, 5) is 2.31. The van der Waals surface area contributed by atoms with Crippen LogP contribution in [0.5, 0.6) is 0 Å². The number of hydrogen-bond acceptors (Lipinski definition) is 4. The van der Waals surface area contributed by atoms with E-state index in [0.717, 1.165) is 32.5 Å². The predicted molar refractivity (Wildman–Crippen MR) is 72.1 cm³/mol. The fraction of sp³-hybridized carbons (Fsp3) is 1.00. The van der Waals surface area contributed by atoms with Gasteiger partial charge >= 0.3 is 0 Å². The Morgan fingerprint density at radius 1 is 1.44 bits per heavy atom. The maximum Gasteiger partial charge on any atom is 0.0798 e. The number of piperidine rings is 1. The number of aliphatic hydroxyl groups is 1. The molecular formula is C12H26N2OS. The molecular weight excluding hydrogens is 220 g/mol. The van der Waals surface area contributed by atoms with Gasteiger partial charge in [-0.15, -0.1) is 0 Å². The van der Waals surface area contributed by atoms with E-state index in [4.69, 9.17) is 0 Å². The first-order valence-corrected chi connectivity index (χ1v) is 7.59. The van der Waals surface area contributed by atoms with Crippen molar-refractivity contribution < 1.29 is 5.11 Å². The van der Waals surface area contributed by atoms with Crippen LogP contribution in [0.25, 0.3) is 0 Å². The monoisotopic (exact) mass is 246 g/mol. The van der Waals surface area contributed by atoms with Gasteiger partial charge in [0.05, 0.1) is 5.60 Å². The van der Waals surface area contributed by atoms with Crippen molar-refractivity contribution in [3.8, 4) is 0 Å². The summed E-state index contributed by atoms with van der Waals surface area (Å²) < 4.78 is 0. The molecule has 0 aromatic heterocycles. The van der Waals surface area contributed by atoms with E-state index >= 15 is 0 Å². The molecule has 0 aromatic rings. The van der Waals surface area contributed by atoms with Crippen molar-refractivity contribution in [3.63, 3.8) is 0 Å². The van der Waals surface area contributed by atoms with Crippen molar-refractivity contribution in [2.45, 2.75) is 37.8 Å². The van der Waals surface area contributed by atoms with Crippen LogP contribution in [0.2, 0.25) is 0 Å². The number of likely N-dealkylation sites (N-methyl/N-ethyl adjacent to an activating group) is 1. The zero-order chi connectivity index (χ0) is 12.0. The molecule has 1 rings (SSSR count). The lowest BCUT2D eigenvalue weighted by Crippen LogP contribution is -2.50. The van der Waals surface area contributed by atoms with Gasteiger partial charge in [-0.1, -0.05) is 0 Å². The van der Waals surface area contributed by atoms with Crippen LogP contribution in [0.15, 0.2) is 0 Å². The van der Waals surface area contributed by atoms with Crippen molar-refractivity contribution in [2.24, 2.45) is 0 Å². The Bertz CT molecular complexity index is 195. The third kappa shape index (κ3) is 4.62. The summed E-state index contributed by atoms with van der Waals surface area (Å²) in [5.41, 5.74) is -0.465. The Balaban J connectivity index is 2.33. The van der Waals surface area contributed by atoms with E-state index in [1.807, 2.05) is 11.8 Å². The highest BCUT2D eigenvalue weighted by Crippen LogP contribution is 2.20. The van der Waals surface area contributed by atoms with Crippen molar-refractivity contribution in [3.05, 3.63) is 0 Å². The molecule has 0 aliphatic carbocycles. The van der Waals surface area contributed by atoms with Gasteiger partial charge in [0.1, 0.15) is 0 Å². The van der Waals surface area contributed by atoms with Crippen LogP contribution < -0.4 is 5.32 Å². The topological polar surface area (TPSA) is 35.5 Å². The highest BCUT2D eigenvalue weighted by atomic mass is 32.2. The summed E-state index contributed by atoms with van der Waals surface area (Å²) in [6.07, 6.45) is 5.11. The Hall–Kier alpha value is 0.230. The van der Waals surface area contributed by atoms with E-state index in [1.54, 1.807) is 0 Å². The molecule has 1 aliphatic heterocycles. The minimum absolute atomic E-state index is 0.465. The second kappa shape index (κ2) is 6.84. The zero-order valence-corrected chi connectivity index (χ0v) is 11.6. The van der Waals surface area contributed by atoms with Gasteiger partial charge in [0.25, 0.3) is 0 Å². The van der Waals surface area contributed by atoms with Gasteiger partial charge < -0.3 is 15.3 Å². The van der Waals surface area contributed by atoms with Gasteiger partial charge in [0.2, 0.25) is 0 Å². The van der Waals surface area contributed by atoms with Crippen LogP contribution in [0.3, 0.4) is 0 Å². The van der Waals surface area contributed by atoms with E-state index in [0.29, 0.717) is 6.04 Å². The molecule has 1 heterocycles. The van der Waals surface area contributed by atoms with Gasteiger partial charge in [0.15, 0.2) is 0 Å². The van der Waals surface area contributed by atoms with Gasteiger partial charge in [-0.2, -0.15) is 11.8 Å². The lowest BCUT2D eigenvalue weighted by molar-refractivity contribution is -0.0227. The molecule has 0 saturated carbocycles. The summed E-state index contributed by atoms with van der Waals surface area (Å²) in [6, 6.07) is 0.561. The number of nitrogens with one attached hydrogen (secondary N) is 1. The SMILES string of the molecule is CSCCC(C)N(C)CC1(O)CCNCC1. The number of nitrogens with zero attached hydrogens (tertiary/aromatic N) is 1. The quantitative estimate of drug-likeness (QED) is 0.737. The molecule has 0 spiro atoms. The molecule has 1 aliphatic rings. The van der Waals surface area contributed by atoms with Crippen molar-refractivity contribution >= 4 is 11.8 Å². The maximum absolute atomic E-state index is 10.4. The van der Waals surface area contributed by atoms with Crippen LogP contribution in [0, 0.1) is 0 Å². The van der Waals surface area contributed by atoms with Crippen molar-refractivity contribution in [1.29, 1.82) is 0 Å². The van der Waals surface area contributed by atoms with Gasteiger partial charge in [0, 0.05) is 12.6 Å². The summed E-state index contributed by atoms with van der Waals surface area (Å²) in [7, 11) is 2.13. The third-order valence-electron chi connectivity index (χ3n) is 3.57. The minimum atomic E-state index is -0.465. The fourth-order valence-electron chi connectivity index (χ4n) is 2.18. The van der Waals surface area contributed by atoms with Crippen LogP contribution in [-0.2, 0) is 0 Å². The molecule has 1 atom stereocenters. The average Bonchev–Trinajstić information content (AvgIpc) is 2.26. The van der Waals surface area contributed by atoms with Gasteiger partial charge in [-0.3, -0.25) is 0 Å². The lowest BCUT2D eigenvalue weighted by Gasteiger charge is -2.38. The molecule has 1 unspecified atom stereocenters. The molecule has 0 radical (unpaired) electrons. The van der Waals surface area contributed by atoms with E-state index < -0.39 is 5.60 Å². The van der Waals surface area contributed by atoms with Gasteiger partial charge in [-0.25, -0.2) is 0 Å². The summed E-state index contributed by atoms with van der Waals surface area (Å²) in [6.45, 7) is 4.96. The van der Waals surface area contributed by atoms with E-state index in [1.165, 1.54) is 12.2 Å². The predicted octanol–water partition coefficient (Wildman–Crippen LogP) is 1.17. The molecule has 0 aromatic carbocycles. The van der Waals surface area contributed by atoms with E-state index in [9.17, 15) is 5.11 Å². The average molecular weight is 246 g/mol. The summed E-state index contributed by atoms with van der Waals surface area (Å²) in [5, 5.41) is 13.7. The first-order valence-electron chi connectivity index (χ1n) is 6.20. The fourth-order valence-corrected chi connectivity index (χ4v) is 2.76. The standard InChI is InChI=1S/C12H26N2OS/c1-11(4-9-16-3)14(2)10-12(15)5-7-13-8-6-12/h11,13,15H,4-10H2,1-3H3. The molecule has 96 valence electrons.